The maximum Gasteiger partial charge on any atom is 0.103 e. The van der Waals surface area contributed by atoms with Crippen molar-refractivity contribution in [2.45, 2.75) is 13.3 Å². The highest BCUT2D eigenvalue weighted by atomic mass is 14.7. The van der Waals surface area contributed by atoms with Gasteiger partial charge in [0, 0.05) is 0 Å². The van der Waals surface area contributed by atoms with Crippen LogP contribution in [0.2, 0.25) is 0 Å². The van der Waals surface area contributed by atoms with Crippen LogP contribution in [0.4, 0.5) is 0 Å². The minimum atomic E-state index is 0.134. The first-order valence-electron chi connectivity index (χ1n) is 2.00. The van der Waals surface area contributed by atoms with Gasteiger partial charge in [-0.15, -0.1) is 5.92 Å². The van der Waals surface area contributed by atoms with Gasteiger partial charge in [-0.3, -0.25) is 5.41 Å². The van der Waals surface area contributed by atoms with Crippen molar-refractivity contribution in [3.05, 3.63) is 0 Å². The molecule has 2 nitrogen and oxygen atoms in total. The molecule has 0 amide bonds. The molecule has 2 heteroatoms. The van der Waals surface area contributed by atoms with Gasteiger partial charge in [0.25, 0.3) is 0 Å². The van der Waals surface area contributed by atoms with Gasteiger partial charge in [0.2, 0.25) is 0 Å². The quantitative estimate of drug-likeness (QED) is 0.276. The van der Waals surface area contributed by atoms with E-state index >= 15 is 0 Å². The molecule has 0 fully saturated rings. The number of hydrogen-bond acceptors (Lipinski definition) is 1. The monoisotopic (exact) mass is 96.1 g/mol. The van der Waals surface area contributed by atoms with Gasteiger partial charge in [0.15, 0.2) is 0 Å². The van der Waals surface area contributed by atoms with E-state index in [1.807, 2.05) is 0 Å². The lowest BCUT2D eigenvalue weighted by Gasteiger charge is -1.80. The lowest BCUT2D eigenvalue weighted by molar-refractivity contribution is 1.35. The molecule has 0 aliphatic heterocycles. The van der Waals surface area contributed by atoms with Crippen LogP contribution in [0.1, 0.15) is 13.3 Å². The standard InChI is InChI=1S/C5H8N2/c1-2-3-4-5(6)7/h4H2,1H3,(H3,6,7). The summed E-state index contributed by atoms with van der Waals surface area (Å²) in [5.74, 6) is 5.41. The van der Waals surface area contributed by atoms with Crippen molar-refractivity contribution in [3.63, 3.8) is 0 Å². The highest BCUT2D eigenvalue weighted by Crippen LogP contribution is 1.68. The predicted octanol–water partition coefficient (Wildman–Crippen LogP) is 0.336. The van der Waals surface area contributed by atoms with Gasteiger partial charge in [0.1, 0.15) is 5.84 Å². The van der Waals surface area contributed by atoms with Crippen molar-refractivity contribution in [2.75, 3.05) is 0 Å². The Morgan fingerprint density at radius 1 is 1.86 bits per heavy atom. The van der Waals surface area contributed by atoms with E-state index in [4.69, 9.17) is 11.1 Å². The molecule has 38 valence electrons. The van der Waals surface area contributed by atoms with E-state index in [-0.39, 0.29) is 5.84 Å². The lowest BCUT2D eigenvalue weighted by Crippen LogP contribution is -2.06. The Bertz CT molecular complexity index is 116. The van der Waals surface area contributed by atoms with Gasteiger partial charge >= 0.3 is 0 Å². The molecule has 0 heterocycles. The SMILES string of the molecule is CC#CCC(=N)N. The van der Waals surface area contributed by atoms with Gasteiger partial charge in [-0.2, -0.15) is 0 Å². The fourth-order valence-corrected chi connectivity index (χ4v) is 0.184. The van der Waals surface area contributed by atoms with Crippen LogP contribution in [0.5, 0.6) is 0 Å². The average molecular weight is 96.1 g/mol. The summed E-state index contributed by atoms with van der Waals surface area (Å²) in [5, 5.41) is 6.67. The molecular formula is C5H8N2. The Morgan fingerprint density at radius 3 is 2.57 bits per heavy atom. The Morgan fingerprint density at radius 2 is 2.43 bits per heavy atom. The van der Waals surface area contributed by atoms with Crippen molar-refractivity contribution < 1.29 is 0 Å². The van der Waals surface area contributed by atoms with E-state index in [9.17, 15) is 0 Å². The Labute approximate surface area is 43.2 Å². The van der Waals surface area contributed by atoms with Crippen LogP contribution in [-0.4, -0.2) is 5.84 Å². The number of hydrogen-bond donors (Lipinski definition) is 2. The first-order chi connectivity index (χ1) is 3.27. The summed E-state index contributed by atoms with van der Waals surface area (Å²) in [6.45, 7) is 1.73. The molecule has 0 aliphatic carbocycles. The largest absolute Gasteiger partial charge is 0.387 e. The zero-order valence-electron chi connectivity index (χ0n) is 4.28. The molecular weight excluding hydrogens is 88.1 g/mol. The summed E-state index contributed by atoms with van der Waals surface area (Å²) in [7, 11) is 0. The molecule has 0 aliphatic rings. The molecule has 7 heavy (non-hydrogen) atoms. The highest BCUT2D eigenvalue weighted by Gasteiger charge is 1.76. The normalized spacial score (nSPS) is 6.43. The van der Waals surface area contributed by atoms with Crippen molar-refractivity contribution >= 4 is 5.84 Å². The van der Waals surface area contributed by atoms with E-state index in [1.54, 1.807) is 6.92 Å². The fourth-order valence-electron chi connectivity index (χ4n) is 0.184. The number of amidine groups is 1. The molecule has 0 saturated carbocycles. The Kier molecular flexibility index (Phi) is 2.78. The second-order valence-corrected chi connectivity index (χ2v) is 1.13. The summed E-state index contributed by atoms with van der Waals surface area (Å²) in [4.78, 5) is 0. The van der Waals surface area contributed by atoms with Crippen molar-refractivity contribution in [1.29, 1.82) is 5.41 Å². The summed E-state index contributed by atoms with van der Waals surface area (Å²) in [6.07, 6.45) is 0.399. The van der Waals surface area contributed by atoms with Gasteiger partial charge < -0.3 is 5.73 Å². The summed E-state index contributed by atoms with van der Waals surface area (Å²) in [5.41, 5.74) is 4.96. The molecule has 0 rings (SSSR count). The zero-order chi connectivity index (χ0) is 5.70. The maximum absolute atomic E-state index is 6.67. The van der Waals surface area contributed by atoms with Crippen LogP contribution in [0.3, 0.4) is 0 Å². The molecule has 0 aromatic rings. The number of nitrogens with two attached hydrogens (primary N) is 1. The molecule has 0 spiro atoms. The van der Waals surface area contributed by atoms with E-state index < -0.39 is 0 Å². The second-order valence-electron chi connectivity index (χ2n) is 1.13. The van der Waals surface area contributed by atoms with E-state index in [0.29, 0.717) is 6.42 Å². The fraction of sp³-hybridized carbons (Fsp3) is 0.400. The van der Waals surface area contributed by atoms with E-state index in [1.165, 1.54) is 0 Å². The zero-order valence-corrected chi connectivity index (χ0v) is 4.28. The van der Waals surface area contributed by atoms with Crippen LogP contribution >= 0.6 is 0 Å². The summed E-state index contributed by atoms with van der Waals surface area (Å²) in [6, 6.07) is 0. The summed E-state index contributed by atoms with van der Waals surface area (Å²) < 4.78 is 0. The van der Waals surface area contributed by atoms with Gasteiger partial charge in [-0.25, -0.2) is 0 Å². The molecule has 3 N–H and O–H groups in total. The predicted molar refractivity (Wildman–Crippen MR) is 30.0 cm³/mol. The molecule has 0 aromatic heterocycles. The van der Waals surface area contributed by atoms with Crippen LogP contribution in [0.15, 0.2) is 0 Å². The smallest absolute Gasteiger partial charge is 0.103 e. The topological polar surface area (TPSA) is 49.9 Å². The second kappa shape index (κ2) is 3.23. The number of nitrogens with one attached hydrogen (secondary N) is 1. The van der Waals surface area contributed by atoms with Crippen LogP contribution < -0.4 is 5.73 Å². The van der Waals surface area contributed by atoms with E-state index in [0.717, 1.165) is 0 Å². The third kappa shape index (κ3) is 5.03. The Hall–Kier alpha value is -0.970. The third-order valence-electron chi connectivity index (χ3n) is 0.456. The van der Waals surface area contributed by atoms with E-state index in [2.05, 4.69) is 11.8 Å². The van der Waals surface area contributed by atoms with Crippen LogP contribution in [0.25, 0.3) is 0 Å². The van der Waals surface area contributed by atoms with Crippen molar-refractivity contribution in [2.24, 2.45) is 5.73 Å². The minimum absolute atomic E-state index is 0.134. The molecule has 0 unspecified atom stereocenters. The van der Waals surface area contributed by atoms with Crippen molar-refractivity contribution in [3.8, 4) is 11.8 Å². The molecule has 0 aromatic carbocycles. The van der Waals surface area contributed by atoms with Gasteiger partial charge in [-0.05, 0) is 6.92 Å². The van der Waals surface area contributed by atoms with Gasteiger partial charge in [-0.1, -0.05) is 5.92 Å². The Balaban J connectivity index is 3.26. The average Bonchev–Trinajstić information content (AvgIpc) is 1.61. The highest BCUT2D eigenvalue weighted by molar-refractivity contribution is 5.79. The molecule has 0 saturated heterocycles. The lowest BCUT2D eigenvalue weighted by atomic mass is 10.4. The molecule has 0 atom stereocenters. The van der Waals surface area contributed by atoms with Crippen molar-refractivity contribution in [1.82, 2.24) is 0 Å². The maximum atomic E-state index is 6.67. The van der Waals surface area contributed by atoms with Crippen LogP contribution in [-0.2, 0) is 0 Å². The van der Waals surface area contributed by atoms with Crippen LogP contribution in [0, 0.1) is 17.3 Å². The first-order valence-corrected chi connectivity index (χ1v) is 2.00. The molecule has 0 radical (unpaired) electrons. The summed E-state index contributed by atoms with van der Waals surface area (Å²) >= 11 is 0. The third-order valence-corrected chi connectivity index (χ3v) is 0.456. The number of rotatable bonds is 1. The minimum Gasteiger partial charge on any atom is -0.387 e. The van der Waals surface area contributed by atoms with Gasteiger partial charge in [0.05, 0.1) is 6.42 Å². The first kappa shape index (κ1) is 6.03. The molecule has 0 bridgehead atoms.